The SMILES string of the molecule is CC(=O)[C@@H](CC(C)C)NS(=O)(=O)Cc1ccccc1. The molecule has 1 aromatic carbocycles. The molecule has 1 aromatic rings. The van der Waals surface area contributed by atoms with E-state index >= 15 is 0 Å². The van der Waals surface area contributed by atoms with Crippen LogP contribution in [0, 0.1) is 5.92 Å². The first-order valence-electron chi connectivity index (χ1n) is 6.34. The molecular formula is C14H21NO3S. The van der Waals surface area contributed by atoms with Crippen LogP contribution in [0.5, 0.6) is 0 Å². The lowest BCUT2D eigenvalue weighted by Gasteiger charge is -2.18. The van der Waals surface area contributed by atoms with Crippen molar-refractivity contribution in [2.75, 3.05) is 0 Å². The summed E-state index contributed by atoms with van der Waals surface area (Å²) in [6.07, 6.45) is 0.517. The Morgan fingerprint density at radius 3 is 2.26 bits per heavy atom. The maximum atomic E-state index is 12.0. The molecule has 0 bridgehead atoms. The molecule has 0 heterocycles. The number of nitrogens with one attached hydrogen (secondary N) is 1. The molecular weight excluding hydrogens is 262 g/mol. The summed E-state index contributed by atoms with van der Waals surface area (Å²) in [5, 5.41) is 0. The molecule has 1 rings (SSSR count). The van der Waals surface area contributed by atoms with E-state index in [1.54, 1.807) is 24.3 Å². The third-order valence-electron chi connectivity index (χ3n) is 2.72. The minimum atomic E-state index is -3.50. The van der Waals surface area contributed by atoms with E-state index in [0.29, 0.717) is 12.0 Å². The van der Waals surface area contributed by atoms with Gasteiger partial charge in [0, 0.05) is 0 Å². The van der Waals surface area contributed by atoms with Crippen LogP contribution < -0.4 is 4.72 Å². The predicted octanol–water partition coefficient (Wildman–Crippen LogP) is 2.11. The number of sulfonamides is 1. The monoisotopic (exact) mass is 283 g/mol. The smallest absolute Gasteiger partial charge is 0.216 e. The lowest BCUT2D eigenvalue weighted by atomic mass is 10.0. The molecule has 0 radical (unpaired) electrons. The van der Waals surface area contributed by atoms with Crippen molar-refractivity contribution in [1.29, 1.82) is 0 Å². The van der Waals surface area contributed by atoms with Crippen LogP contribution in [0.15, 0.2) is 30.3 Å². The van der Waals surface area contributed by atoms with E-state index in [1.807, 2.05) is 19.9 Å². The van der Waals surface area contributed by atoms with Crippen LogP contribution in [0.1, 0.15) is 32.8 Å². The highest BCUT2D eigenvalue weighted by Crippen LogP contribution is 2.10. The fourth-order valence-electron chi connectivity index (χ4n) is 1.82. The van der Waals surface area contributed by atoms with Crippen LogP contribution in [0.2, 0.25) is 0 Å². The first kappa shape index (κ1) is 15.9. The van der Waals surface area contributed by atoms with E-state index in [9.17, 15) is 13.2 Å². The Hall–Kier alpha value is -1.20. The average Bonchev–Trinajstić information content (AvgIpc) is 2.27. The van der Waals surface area contributed by atoms with Gasteiger partial charge in [0.1, 0.15) is 5.78 Å². The fraction of sp³-hybridized carbons (Fsp3) is 0.500. The van der Waals surface area contributed by atoms with Crippen molar-refractivity contribution in [2.45, 2.75) is 39.0 Å². The molecule has 5 heteroatoms. The highest BCUT2D eigenvalue weighted by molar-refractivity contribution is 7.88. The number of rotatable bonds is 7. The molecule has 0 aliphatic heterocycles. The normalized spacial score (nSPS) is 13.5. The van der Waals surface area contributed by atoms with Gasteiger partial charge in [0.25, 0.3) is 0 Å². The minimum Gasteiger partial charge on any atom is -0.298 e. The Morgan fingerprint density at radius 1 is 1.21 bits per heavy atom. The van der Waals surface area contributed by atoms with Crippen LogP contribution in [-0.4, -0.2) is 20.2 Å². The second-order valence-electron chi connectivity index (χ2n) is 5.16. The molecule has 1 atom stereocenters. The largest absolute Gasteiger partial charge is 0.298 e. The standard InChI is InChI=1S/C14H21NO3S/c1-11(2)9-14(12(3)16)15-19(17,18)10-13-7-5-4-6-8-13/h4-8,11,14-15H,9-10H2,1-3H3/t14-/m1/s1. The number of benzene rings is 1. The molecule has 0 saturated heterocycles. The molecule has 0 aromatic heterocycles. The number of ketones is 1. The summed E-state index contributed by atoms with van der Waals surface area (Å²) in [6, 6.07) is 8.30. The van der Waals surface area contributed by atoms with Gasteiger partial charge >= 0.3 is 0 Å². The number of hydrogen-bond acceptors (Lipinski definition) is 3. The van der Waals surface area contributed by atoms with Gasteiger partial charge in [0.2, 0.25) is 10.0 Å². The van der Waals surface area contributed by atoms with Gasteiger partial charge in [-0.05, 0) is 24.8 Å². The van der Waals surface area contributed by atoms with Crippen molar-refractivity contribution >= 4 is 15.8 Å². The minimum absolute atomic E-state index is 0.101. The molecule has 106 valence electrons. The van der Waals surface area contributed by atoms with Crippen molar-refractivity contribution in [3.8, 4) is 0 Å². The molecule has 0 aliphatic carbocycles. The first-order valence-corrected chi connectivity index (χ1v) is 8.00. The summed E-state index contributed by atoms with van der Waals surface area (Å²) in [6.45, 7) is 5.33. The zero-order valence-electron chi connectivity index (χ0n) is 11.6. The summed E-state index contributed by atoms with van der Waals surface area (Å²) in [5.41, 5.74) is 0.710. The second kappa shape index (κ2) is 6.82. The van der Waals surface area contributed by atoms with Gasteiger partial charge in [0.05, 0.1) is 11.8 Å². The van der Waals surface area contributed by atoms with Crippen LogP contribution in [-0.2, 0) is 20.6 Å². The molecule has 0 aliphatic rings. The Morgan fingerprint density at radius 2 is 1.79 bits per heavy atom. The molecule has 0 unspecified atom stereocenters. The van der Waals surface area contributed by atoms with E-state index in [0.717, 1.165) is 0 Å². The number of Topliss-reactive ketones (excluding diaryl/α,β-unsaturated/α-hetero) is 1. The van der Waals surface area contributed by atoms with E-state index in [4.69, 9.17) is 0 Å². The van der Waals surface area contributed by atoms with Crippen molar-refractivity contribution < 1.29 is 13.2 Å². The Bertz CT molecular complexity index is 509. The lowest BCUT2D eigenvalue weighted by Crippen LogP contribution is -2.41. The van der Waals surface area contributed by atoms with Crippen molar-refractivity contribution in [3.63, 3.8) is 0 Å². The summed E-state index contributed by atoms with van der Waals surface area (Å²) in [7, 11) is -3.50. The molecule has 0 amide bonds. The van der Waals surface area contributed by atoms with Gasteiger partial charge in [-0.15, -0.1) is 0 Å². The Labute approximate surface area is 115 Å². The van der Waals surface area contributed by atoms with Crippen LogP contribution in [0.3, 0.4) is 0 Å². The highest BCUT2D eigenvalue weighted by atomic mass is 32.2. The molecule has 0 fully saturated rings. The van der Waals surface area contributed by atoms with Crippen LogP contribution in [0.4, 0.5) is 0 Å². The van der Waals surface area contributed by atoms with Gasteiger partial charge in [-0.25, -0.2) is 13.1 Å². The van der Waals surface area contributed by atoms with E-state index in [2.05, 4.69) is 4.72 Å². The average molecular weight is 283 g/mol. The zero-order valence-corrected chi connectivity index (χ0v) is 12.4. The van der Waals surface area contributed by atoms with Crippen molar-refractivity contribution in [1.82, 2.24) is 4.72 Å². The van der Waals surface area contributed by atoms with E-state index in [-0.39, 0.29) is 17.5 Å². The summed E-state index contributed by atoms with van der Waals surface area (Å²) >= 11 is 0. The number of hydrogen-bond donors (Lipinski definition) is 1. The van der Waals surface area contributed by atoms with Gasteiger partial charge < -0.3 is 0 Å². The van der Waals surface area contributed by atoms with Crippen molar-refractivity contribution in [2.24, 2.45) is 5.92 Å². The fourth-order valence-corrected chi connectivity index (χ4v) is 3.23. The first-order chi connectivity index (χ1) is 8.80. The third-order valence-corrected chi connectivity index (χ3v) is 4.08. The second-order valence-corrected chi connectivity index (χ2v) is 6.91. The van der Waals surface area contributed by atoms with Crippen LogP contribution >= 0.6 is 0 Å². The number of carbonyl (C=O) groups is 1. The Kier molecular flexibility index (Phi) is 5.69. The van der Waals surface area contributed by atoms with Gasteiger partial charge in [-0.3, -0.25) is 4.79 Å². The highest BCUT2D eigenvalue weighted by Gasteiger charge is 2.22. The molecule has 1 N–H and O–H groups in total. The Balaban J connectivity index is 2.74. The van der Waals surface area contributed by atoms with Crippen molar-refractivity contribution in [3.05, 3.63) is 35.9 Å². The maximum Gasteiger partial charge on any atom is 0.216 e. The topological polar surface area (TPSA) is 63.2 Å². The molecule has 0 saturated carbocycles. The summed E-state index contributed by atoms with van der Waals surface area (Å²) in [4.78, 5) is 11.5. The molecule has 19 heavy (non-hydrogen) atoms. The zero-order chi connectivity index (χ0) is 14.5. The lowest BCUT2D eigenvalue weighted by molar-refractivity contribution is -0.118. The van der Waals surface area contributed by atoms with Gasteiger partial charge in [0.15, 0.2) is 0 Å². The van der Waals surface area contributed by atoms with Gasteiger partial charge in [-0.1, -0.05) is 44.2 Å². The molecule has 4 nitrogen and oxygen atoms in total. The van der Waals surface area contributed by atoms with E-state index in [1.165, 1.54) is 6.92 Å². The third kappa shape index (κ3) is 5.98. The summed E-state index contributed by atoms with van der Waals surface area (Å²) in [5.74, 6) is 0.00840. The molecule has 0 spiro atoms. The summed E-state index contributed by atoms with van der Waals surface area (Å²) < 4.78 is 26.6. The maximum absolute atomic E-state index is 12.0. The predicted molar refractivity (Wildman–Crippen MR) is 76.1 cm³/mol. The van der Waals surface area contributed by atoms with Crippen LogP contribution in [0.25, 0.3) is 0 Å². The number of carbonyl (C=O) groups excluding carboxylic acids is 1. The quantitative estimate of drug-likeness (QED) is 0.833. The van der Waals surface area contributed by atoms with E-state index < -0.39 is 16.1 Å². The van der Waals surface area contributed by atoms with Gasteiger partial charge in [-0.2, -0.15) is 0 Å².